The molecule has 0 atom stereocenters. The van der Waals surface area contributed by atoms with Crippen molar-refractivity contribution >= 4 is 13.6 Å². The minimum absolute atomic E-state index is 0.996. The molecule has 68 valence electrons. The van der Waals surface area contributed by atoms with Crippen molar-refractivity contribution in [2.24, 2.45) is 0 Å². The molecule has 0 amide bonds. The van der Waals surface area contributed by atoms with Crippen molar-refractivity contribution in [2.75, 3.05) is 6.61 Å². The molecule has 0 unspecified atom stereocenters. The van der Waals surface area contributed by atoms with E-state index < -0.39 is 13.6 Å². The molecule has 0 spiro atoms. The Morgan fingerprint density at radius 1 is 0.909 bits per heavy atom. The molecule has 0 bridgehead atoms. The summed E-state index contributed by atoms with van der Waals surface area (Å²) in [5.74, 6) is 0. The molecular formula is C9H22GeO. The number of hydrogen-bond donors (Lipinski definition) is 0. The van der Waals surface area contributed by atoms with E-state index in [9.17, 15) is 0 Å². The Kier molecular flexibility index (Phi) is 6.34. The topological polar surface area (TPSA) is 9.23 Å². The molecule has 0 aliphatic heterocycles. The van der Waals surface area contributed by atoms with Crippen LogP contribution in [0.25, 0.3) is 0 Å². The fourth-order valence-electron chi connectivity index (χ4n) is 1.37. The van der Waals surface area contributed by atoms with Crippen molar-refractivity contribution < 1.29 is 3.76 Å². The van der Waals surface area contributed by atoms with Crippen LogP contribution in [-0.2, 0) is 3.76 Å². The summed E-state index contributed by atoms with van der Waals surface area (Å²) in [6.45, 7) is 10.1. The van der Waals surface area contributed by atoms with Gasteiger partial charge in [-0.25, -0.2) is 0 Å². The molecule has 11 heavy (non-hydrogen) atoms. The van der Waals surface area contributed by atoms with Crippen LogP contribution in [0.3, 0.4) is 0 Å². The van der Waals surface area contributed by atoms with Gasteiger partial charge in [-0.15, -0.1) is 0 Å². The van der Waals surface area contributed by atoms with Crippen LogP contribution in [-0.4, -0.2) is 20.2 Å². The molecule has 0 fully saturated rings. The normalized spacial score (nSPS) is 12.0. The van der Waals surface area contributed by atoms with E-state index in [1.807, 2.05) is 0 Å². The van der Waals surface area contributed by atoms with Crippen LogP contribution in [0.5, 0.6) is 0 Å². The molecule has 0 heterocycles. The third-order valence-electron chi connectivity index (χ3n) is 2.55. The van der Waals surface area contributed by atoms with Crippen molar-refractivity contribution in [3.63, 3.8) is 0 Å². The molecule has 0 aromatic carbocycles. The predicted octanol–water partition coefficient (Wildman–Crippen LogP) is 3.42. The SMILES string of the molecule is CCC[O][Ge]([CH2]C)([CH2]C)[CH2]C. The van der Waals surface area contributed by atoms with E-state index in [-0.39, 0.29) is 0 Å². The van der Waals surface area contributed by atoms with E-state index in [4.69, 9.17) is 3.76 Å². The van der Waals surface area contributed by atoms with E-state index in [1.54, 1.807) is 0 Å². The molecule has 0 radical (unpaired) electrons. The Hall–Kier alpha value is 0.503. The monoisotopic (exact) mass is 220 g/mol. The number of hydrogen-bond acceptors (Lipinski definition) is 1. The molecule has 0 aliphatic carbocycles. The van der Waals surface area contributed by atoms with Gasteiger partial charge >= 0.3 is 73.8 Å². The molecule has 0 rings (SSSR count). The summed E-state index contributed by atoms with van der Waals surface area (Å²) in [5, 5.41) is 3.98. The van der Waals surface area contributed by atoms with E-state index >= 15 is 0 Å². The molecule has 0 N–H and O–H groups in total. The summed E-state index contributed by atoms with van der Waals surface area (Å²) >= 11 is -1.73. The van der Waals surface area contributed by atoms with Gasteiger partial charge in [-0.2, -0.15) is 0 Å². The Balaban J connectivity index is 3.84. The number of rotatable bonds is 6. The van der Waals surface area contributed by atoms with Crippen LogP contribution >= 0.6 is 0 Å². The van der Waals surface area contributed by atoms with Crippen LogP contribution in [0.4, 0.5) is 0 Å². The fraction of sp³-hybridized carbons (Fsp3) is 1.00. The average molecular weight is 219 g/mol. The molecule has 0 saturated carbocycles. The van der Waals surface area contributed by atoms with Gasteiger partial charge in [0.15, 0.2) is 0 Å². The van der Waals surface area contributed by atoms with Gasteiger partial charge in [0, 0.05) is 0 Å². The van der Waals surface area contributed by atoms with Crippen molar-refractivity contribution in [1.82, 2.24) is 0 Å². The molecule has 0 aromatic rings. The van der Waals surface area contributed by atoms with Gasteiger partial charge in [-0.1, -0.05) is 0 Å². The summed E-state index contributed by atoms with van der Waals surface area (Å²) in [7, 11) is 0. The van der Waals surface area contributed by atoms with Crippen LogP contribution in [0.2, 0.25) is 15.8 Å². The molecule has 2 heteroatoms. The van der Waals surface area contributed by atoms with Gasteiger partial charge in [0.1, 0.15) is 0 Å². The first kappa shape index (κ1) is 11.5. The Labute approximate surface area is 74.2 Å². The van der Waals surface area contributed by atoms with Crippen molar-refractivity contribution in [2.45, 2.75) is 49.9 Å². The van der Waals surface area contributed by atoms with Gasteiger partial charge in [0.2, 0.25) is 0 Å². The van der Waals surface area contributed by atoms with Crippen molar-refractivity contribution in [3.05, 3.63) is 0 Å². The minimum atomic E-state index is -1.73. The van der Waals surface area contributed by atoms with Gasteiger partial charge in [0.25, 0.3) is 0 Å². The third kappa shape index (κ3) is 3.61. The van der Waals surface area contributed by atoms with Gasteiger partial charge in [0.05, 0.1) is 0 Å². The zero-order valence-electron chi connectivity index (χ0n) is 8.44. The second-order valence-corrected chi connectivity index (χ2v) is 13.1. The summed E-state index contributed by atoms with van der Waals surface area (Å²) in [6.07, 6.45) is 1.17. The molecular weight excluding hydrogens is 197 g/mol. The third-order valence-corrected chi connectivity index (χ3v) is 12.4. The van der Waals surface area contributed by atoms with Crippen LogP contribution in [0.1, 0.15) is 34.1 Å². The van der Waals surface area contributed by atoms with Crippen molar-refractivity contribution in [3.8, 4) is 0 Å². The first-order chi connectivity index (χ1) is 5.24. The predicted molar refractivity (Wildman–Crippen MR) is 53.4 cm³/mol. The van der Waals surface area contributed by atoms with Crippen LogP contribution in [0, 0.1) is 0 Å². The van der Waals surface area contributed by atoms with Gasteiger partial charge in [-0.05, 0) is 0 Å². The molecule has 0 aromatic heterocycles. The standard InChI is InChI=1S/C9H22GeO/c1-5-9-11-10(6-2,7-3)8-4/h5-9H2,1-4H3. The van der Waals surface area contributed by atoms with E-state index in [2.05, 4.69) is 27.7 Å². The first-order valence-corrected chi connectivity index (χ1v) is 10.2. The molecule has 1 nitrogen and oxygen atoms in total. The second kappa shape index (κ2) is 6.07. The zero-order chi connectivity index (χ0) is 8.74. The summed E-state index contributed by atoms with van der Waals surface area (Å²) in [6, 6.07) is 0. The van der Waals surface area contributed by atoms with E-state index in [0.717, 1.165) is 6.61 Å². The molecule has 0 saturated heterocycles. The Bertz CT molecular complexity index is 81.3. The first-order valence-electron chi connectivity index (χ1n) is 4.88. The fourth-order valence-corrected chi connectivity index (χ4v) is 7.14. The maximum atomic E-state index is 6.01. The summed E-state index contributed by atoms with van der Waals surface area (Å²) in [4.78, 5) is 0. The maximum absolute atomic E-state index is 6.01. The quantitative estimate of drug-likeness (QED) is 0.621. The van der Waals surface area contributed by atoms with Crippen LogP contribution in [0.15, 0.2) is 0 Å². The van der Waals surface area contributed by atoms with Gasteiger partial charge < -0.3 is 0 Å². The molecule has 0 aliphatic rings. The average Bonchev–Trinajstić information content (AvgIpc) is 2.08. The van der Waals surface area contributed by atoms with E-state index in [1.165, 1.54) is 22.2 Å². The van der Waals surface area contributed by atoms with Gasteiger partial charge in [-0.3, -0.25) is 0 Å². The Morgan fingerprint density at radius 3 is 1.64 bits per heavy atom. The summed E-state index contributed by atoms with van der Waals surface area (Å²) in [5.41, 5.74) is 0. The zero-order valence-corrected chi connectivity index (χ0v) is 10.5. The Morgan fingerprint density at radius 2 is 1.36 bits per heavy atom. The summed E-state index contributed by atoms with van der Waals surface area (Å²) < 4.78 is 6.01. The van der Waals surface area contributed by atoms with Crippen molar-refractivity contribution in [1.29, 1.82) is 0 Å². The van der Waals surface area contributed by atoms with Crippen LogP contribution < -0.4 is 0 Å². The second-order valence-electron chi connectivity index (χ2n) is 3.09. The van der Waals surface area contributed by atoms with E-state index in [0.29, 0.717) is 0 Å².